The predicted molar refractivity (Wildman–Crippen MR) is 62.2 cm³/mol. The Labute approximate surface area is 103 Å². The number of hydrogen-bond donors (Lipinski definition) is 1. The molecule has 5 nitrogen and oxygen atoms in total. The lowest BCUT2D eigenvalue weighted by atomic mass is 9.94. The first-order valence-corrected chi connectivity index (χ1v) is 5.45. The van der Waals surface area contributed by atoms with Crippen molar-refractivity contribution in [2.24, 2.45) is 0 Å². The molecular formula is C11H11ClN2O3. The van der Waals surface area contributed by atoms with Crippen LogP contribution in [0, 0.1) is 6.92 Å². The minimum absolute atomic E-state index is 0.311. The number of aryl methyl sites for hydroxylation is 1. The number of ether oxygens (including phenoxy) is 1. The number of ketones is 1. The highest BCUT2D eigenvalue weighted by Crippen LogP contribution is 2.38. The van der Waals surface area contributed by atoms with Crippen LogP contribution in [0.25, 0.3) is 0 Å². The summed E-state index contributed by atoms with van der Waals surface area (Å²) in [7, 11) is 1.19. The summed E-state index contributed by atoms with van der Waals surface area (Å²) in [5.41, 5.74) is 2.20. The molecule has 0 spiro atoms. The standard InChI is InChI=1S/C11H11ClN2O3/c1-5-3-14-10(12)8-7(5)6(4-13-8)9(15)11(16)17-2/h3,6,13H,4H2,1-2H3. The highest BCUT2D eigenvalue weighted by atomic mass is 35.5. The number of nitrogens with zero attached hydrogens (tertiary/aromatic N) is 1. The van der Waals surface area contributed by atoms with Crippen LogP contribution in [0.3, 0.4) is 0 Å². The molecule has 0 aromatic carbocycles. The smallest absolute Gasteiger partial charge is 0.375 e. The molecular weight excluding hydrogens is 244 g/mol. The molecule has 17 heavy (non-hydrogen) atoms. The molecule has 1 aromatic rings. The van der Waals surface area contributed by atoms with Crippen LogP contribution in [0.1, 0.15) is 17.0 Å². The van der Waals surface area contributed by atoms with Gasteiger partial charge in [0.05, 0.1) is 18.7 Å². The zero-order chi connectivity index (χ0) is 12.6. The number of Topliss-reactive ketones (excluding diaryl/α,β-unsaturated/α-hetero) is 1. The van der Waals surface area contributed by atoms with E-state index >= 15 is 0 Å². The Bertz CT molecular complexity index is 502. The third-order valence-corrected chi connectivity index (χ3v) is 3.09. The number of hydrogen-bond acceptors (Lipinski definition) is 5. The van der Waals surface area contributed by atoms with E-state index in [9.17, 15) is 9.59 Å². The summed E-state index contributed by atoms with van der Waals surface area (Å²) in [6, 6.07) is 0. The number of aromatic nitrogens is 1. The fourth-order valence-corrected chi connectivity index (χ4v) is 2.20. The van der Waals surface area contributed by atoms with Crippen molar-refractivity contribution in [3.05, 3.63) is 22.5 Å². The second-order valence-corrected chi connectivity index (χ2v) is 4.17. The van der Waals surface area contributed by atoms with Crippen LogP contribution in [-0.4, -0.2) is 30.4 Å². The van der Waals surface area contributed by atoms with Gasteiger partial charge in [-0.2, -0.15) is 0 Å². The lowest BCUT2D eigenvalue weighted by Gasteiger charge is -2.10. The number of rotatable bonds is 2. The van der Waals surface area contributed by atoms with Crippen molar-refractivity contribution >= 4 is 29.0 Å². The largest absolute Gasteiger partial charge is 0.463 e. The number of carbonyl (C=O) groups excluding carboxylic acids is 2. The normalized spacial score (nSPS) is 17.2. The van der Waals surface area contributed by atoms with Crippen LogP contribution in [-0.2, 0) is 14.3 Å². The lowest BCUT2D eigenvalue weighted by Crippen LogP contribution is -2.25. The van der Waals surface area contributed by atoms with E-state index in [1.54, 1.807) is 6.20 Å². The number of carbonyl (C=O) groups is 2. The molecule has 0 bridgehead atoms. The Kier molecular flexibility index (Phi) is 3.02. The van der Waals surface area contributed by atoms with Gasteiger partial charge in [-0.1, -0.05) is 11.6 Å². The highest BCUT2D eigenvalue weighted by Gasteiger charge is 2.35. The predicted octanol–water partition coefficient (Wildman–Crippen LogP) is 1.29. The topological polar surface area (TPSA) is 68.3 Å². The van der Waals surface area contributed by atoms with Crippen LogP contribution < -0.4 is 5.32 Å². The van der Waals surface area contributed by atoms with Crippen molar-refractivity contribution < 1.29 is 14.3 Å². The zero-order valence-electron chi connectivity index (χ0n) is 9.41. The molecule has 0 aliphatic carbocycles. The van der Waals surface area contributed by atoms with E-state index in [2.05, 4.69) is 15.0 Å². The van der Waals surface area contributed by atoms with Gasteiger partial charge in [0.25, 0.3) is 0 Å². The summed E-state index contributed by atoms with van der Waals surface area (Å²) in [4.78, 5) is 27.1. The van der Waals surface area contributed by atoms with E-state index in [1.807, 2.05) is 6.92 Å². The highest BCUT2D eigenvalue weighted by molar-refractivity contribution is 6.37. The van der Waals surface area contributed by atoms with E-state index in [0.29, 0.717) is 17.4 Å². The Balaban J connectivity index is 2.43. The van der Waals surface area contributed by atoms with E-state index in [0.717, 1.165) is 11.1 Å². The summed E-state index contributed by atoms with van der Waals surface area (Å²) < 4.78 is 4.44. The second-order valence-electron chi connectivity index (χ2n) is 3.81. The Morgan fingerprint density at radius 2 is 2.29 bits per heavy atom. The van der Waals surface area contributed by atoms with Gasteiger partial charge in [-0.3, -0.25) is 4.79 Å². The summed E-state index contributed by atoms with van der Waals surface area (Å²) in [5, 5.41) is 3.31. The van der Waals surface area contributed by atoms with Crippen molar-refractivity contribution in [3.8, 4) is 0 Å². The molecule has 90 valence electrons. The summed E-state index contributed by atoms with van der Waals surface area (Å²) in [6.45, 7) is 2.17. The molecule has 6 heteroatoms. The minimum atomic E-state index is -0.836. The number of halogens is 1. The van der Waals surface area contributed by atoms with E-state index in [-0.39, 0.29) is 0 Å². The molecule has 1 N–H and O–H groups in total. The fraction of sp³-hybridized carbons (Fsp3) is 0.364. The van der Waals surface area contributed by atoms with Crippen LogP contribution in [0.4, 0.5) is 5.69 Å². The molecule has 0 fully saturated rings. The quantitative estimate of drug-likeness (QED) is 0.489. The molecule has 0 radical (unpaired) electrons. The Morgan fingerprint density at radius 3 is 2.94 bits per heavy atom. The van der Waals surface area contributed by atoms with Crippen LogP contribution in [0.15, 0.2) is 6.20 Å². The number of methoxy groups -OCH3 is 1. The molecule has 1 atom stereocenters. The van der Waals surface area contributed by atoms with Crippen molar-refractivity contribution in [1.29, 1.82) is 0 Å². The molecule has 0 amide bonds. The molecule has 1 unspecified atom stereocenters. The van der Waals surface area contributed by atoms with Crippen molar-refractivity contribution in [2.75, 3.05) is 19.0 Å². The third kappa shape index (κ3) is 1.86. The first-order chi connectivity index (χ1) is 8.06. The van der Waals surface area contributed by atoms with Crippen molar-refractivity contribution in [1.82, 2.24) is 4.98 Å². The SMILES string of the molecule is COC(=O)C(=O)C1CNc2c(Cl)ncc(C)c21. The van der Waals surface area contributed by atoms with Crippen molar-refractivity contribution in [2.45, 2.75) is 12.8 Å². The average molecular weight is 255 g/mol. The van der Waals surface area contributed by atoms with Gasteiger partial charge in [-0.05, 0) is 18.1 Å². The van der Waals surface area contributed by atoms with E-state index in [1.165, 1.54) is 7.11 Å². The van der Waals surface area contributed by atoms with Gasteiger partial charge in [0.15, 0.2) is 5.15 Å². The molecule has 1 aromatic heterocycles. The number of anilines is 1. The summed E-state index contributed by atoms with van der Waals surface area (Å²) in [5.74, 6) is -1.95. The van der Waals surface area contributed by atoms with Gasteiger partial charge in [-0.25, -0.2) is 9.78 Å². The molecule has 0 saturated carbocycles. The Hall–Kier alpha value is -1.62. The molecule has 0 saturated heterocycles. The number of nitrogens with one attached hydrogen (secondary N) is 1. The Morgan fingerprint density at radius 1 is 1.59 bits per heavy atom. The maximum absolute atomic E-state index is 11.8. The maximum atomic E-state index is 11.8. The third-order valence-electron chi connectivity index (χ3n) is 2.81. The van der Waals surface area contributed by atoms with Gasteiger partial charge in [0.1, 0.15) is 0 Å². The number of pyridine rings is 1. The summed E-state index contributed by atoms with van der Waals surface area (Å²) >= 11 is 5.92. The van der Waals surface area contributed by atoms with Gasteiger partial charge in [-0.15, -0.1) is 0 Å². The van der Waals surface area contributed by atoms with Crippen LogP contribution in [0.2, 0.25) is 5.15 Å². The number of fused-ring (bicyclic) bond motifs is 1. The second kappa shape index (κ2) is 4.33. The van der Waals surface area contributed by atoms with Gasteiger partial charge >= 0.3 is 5.97 Å². The fourth-order valence-electron chi connectivity index (χ4n) is 1.99. The molecule has 1 aliphatic rings. The first-order valence-electron chi connectivity index (χ1n) is 5.07. The van der Waals surface area contributed by atoms with Crippen molar-refractivity contribution in [3.63, 3.8) is 0 Å². The first kappa shape index (κ1) is 11.9. The molecule has 2 rings (SSSR count). The van der Waals surface area contributed by atoms with E-state index < -0.39 is 17.7 Å². The minimum Gasteiger partial charge on any atom is -0.463 e. The van der Waals surface area contributed by atoms with Crippen LogP contribution in [0.5, 0.6) is 0 Å². The molecule has 2 heterocycles. The zero-order valence-corrected chi connectivity index (χ0v) is 10.2. The van der Waals surface area contributed by atoms with Gasteiger partial charge < -0.3 is 10.1 Å². The van der Waals surface area contributed by atoms with Crippen LogP contribution >= 0.6 is 11.6 Å². The van der Waals surface area contributed by atoms with Gasteiger partial charge in [0, 0.05) is 12.7 Å². The number of esters is 1. The van der Waals surface area contributed by atoms with E-state index in [4.69, 9.17) is 11.6 Å². The monoisotopic (exact) mass is 254 g/mol. The average Bonchev–Trinajstić information content (AvgIpc) is 2.77. The maximum Gasteiger partial charge on any atom is 0.375 e. The molecule has 1 aliphatic heterocycles. The lowest BCUT2D eigenvalue weighted by molar-refractivity contribution is -0.152. The summed E-state index contributed by atoms with van der Waals surface area (Å²) in [6.07, 6.45) is 1.59. The van der Waals surface area contributed by atoms with Gasteiger partial charge in [0.2, 0.25) is 5.78 Å².